The lowest BCUT2D eigenvalue weighted by atomic mass is 9.91. The summed E-state index contributed by atoms with van der Waals surface area (Å²) in [7, 11) is -4.14. The molecule has 1 heterocycles. The fourth-order valence-electron chi connectivity index (χ4n) is 2.51. The molecule has 7 heteroatoms. The molecule has 0 aliphatic carbocycles. The van der Waals surface area contributed by atoms with Crippen LogP contribution in [0.1, 0.15) is 18.4 Å². The molecular weight excluding hydrogens is 291 g/mol. The normalized spacial score (nSPS) is 17.4. The van der Waals surface area contributed by atoms with Crippen LogP contribution >= 0.6 is 0 Å². The maximum atomic E-state index is 13.9. The van der Waals surface area contributed by atoms with Gasteiger partial charge >= 0.3 is 0 Å². The van der Waals surface area contributed by atoms with Crippen LogP contribution < -0.4 is 5.32 Å². The van der Waals surface area contributed by atoms with Gasteiger partial charge in [-0.1, -0.05) is 0 Å². The van der Waals surface area contributed by atoms with Gasteiger partial charge in [0.05, 0.1) is 0 Å². The Balaban J connectivity index is 2.36. The summed E-state index contributed by atoms with van der Waals surface area (Å²) < 4.78 is 64.0. The van der Waals surface area contributed by atoms with Crippen molar-refractivity contribution in [2.45, 2.75) is 24.2 Å². The largest absolute Gasteiger partial charge is 0.317 e. The molecule has 2 rings (SSSR count). The first-order chi connectivity index (χ1) is 9.30. The van der Waals surface area contributed by atoms with E-state index in [1.807, 2.05) is 0 Å². The zero-order valence-corrected chi connectivity index (χ0v) is 11.9. The molecule has 1 fully saturated rings. The summed E-state index contributed by atoms with van der Waals surface area (Å²) in [6.45, 7) is 1.58. The summed E-state index contributed by atoms with van der Waals surface area (Å²) in [5.41, 5.74) is -0.0979. The zero-order valence-electron chi connectivity index (χ0n) is 11.0. The molecule has 0 saturated carbocycles. The van der Waals surface area contributed by atoms with Crippen molar-refractivity contribution in [3.63, 3.8) is 0 Å². The Labute approximate surface area is 116 Å². The maximum absolute atomic E-state index is 13.9. The Kier molecular flexibility index (Phi) is 4.39. The van der Waals surface area contributed by atoms with Gasteiger partial charge in [0.15, 0.2) is 21.5 Å². The van der Waals surface area contributed by atoms with Crippen LogP contribution in [-0.4, -0.2) is 27.8 Å². The maximum Gasteiger partial charge on any atom is 0.181 e. The number of hydrogen-bond donors (Lipinski definition) is 1. The SMILES string of the molecule is CS(=O)(=O)c1c(F)cc(CC2CCNCC2)c(F)c1F. The molecule has 3 nitrogen and oxygen atoms in total. The number of nitrogens with one attached hydrogen (secondary N) is 1. The van der Waals surface area contributed by atoms with Gasteiger partial charge in [-0.3, -0.25) is 0 Å². The second-order valence-corrected chi connectivity index (χ2v) is 7.10. The van der Waals surface area contributed by atoms with Gasteiger partial charge in [0.2, 0.25) is 0 Å². The molecule has 0 bridgehead atoms. The van der Waals surface area contributed by atoms with Crippen molar-refractivity contribution < 1.29 is 21.6 Å². The van der Waals surface area contributed by atoms with E-state index in [1.165, 1.54) is 0 Å². The Morgan fingerprint density at radius 3 is 2.35 bits per heavy atom. The highest BCUT2D eigenvalue weighted by molar-refractivity contribution is 7.90. The zero-order chi connectivity index (χ0) is 14.9. The van der Waals surface area contributed by atoms with Gasteiger partial charge < -0.3 is 5.32 Å². The van der Waals surface area contributed by atoms with E-state index >= 15 is 0 Å². The topological polar surface area (TPSA) is 46.2 Å². The summed E-state index contributed by atoms with van der Waals surface area (Å²) in [6, 6.07) is 0.802. The van der Waals surface area contributed by atoms with Gasteiger partial charge in [-0.15, -0.1) is 0 Å². The molecule has 0 atom stereocenters. The quantitative estimate of drug-likeness (QED) is 0.869. The lowest BCUT2D eigenvalue weighted by Gasteiger charge is -2.23. The molecule has 0 unspecified atom stereocenters. The van der Waals surface area contributed by atoms with E-state index < -0.39 is 32.2 Å². The van der Waals surface area contributed by atoms with E-state index in [1.54, 1.807) is 0 Å². The summed E-state index contributed by atoms with van der Waals surface area (Å²) in [6.07, 6.45) is 2.47. The van der Waals surface area contributed by atoms with Crippen LogP contribution in [0.3, 0.4) is 0 Å². The van der Waals surface area contributed by atoms with E-state index in [2.05, 4.69) is 5.32 Å². The van der Waals surface area contributed by atoms with Crippen LogP contribution in [0.4, 0.5) is 13.2 Å². The van der Waals surface area contributed by atoms with E-state index in [9.17, 15) is 21.6 Å². The highest BCUT2D eigenvalue weighted by Gasteiger charge is 2.26. The van der Waals surface area contributed by atoms with Crippen molar-refractivity contribution in [3.05, 3.63) is 29.1 Å². The van der Waals surface area contributed by atoms with Gasteiger partial charge in [0.25, 0.3) is 0 Å². The standard InChI is InChI=1S/C13H16F3NO2S/c1-20(18,19)13-10(14)7-9(11(15)12(13)16)6-8-2-4-17-5-3-8/h7-8,17H,2-6H2,1H3. The summed E-state index contributed by atoms with van der Waals surface area (Å²) in [4.78, 5) is -1.19. The Hall–Kier alpha value is -1.08. The van der Waals surface area contributed by atoms with Crippen molar-refractivity contribution in [2.24, 2.45) is 5.92 Å². The molecule has 0 aromatic heterocycles. The van der Waals surface area contributed by atoms with Crippen LogP contribution in [-0.2, 0) is 16.3 Å². The van der Waals surface area contributed by atoms with Gasteiger partial charge in [0.1, 0.15) is 10.7 Å². The third-order valence-electron chi connectivity index (χ3n) is 3.53. The van der Waals surface area contributed by atoms with Crippen molar-refractivity contribution in [2.75, 3.05) is 19.3 Å². The first kappa shape index (κ1) is 15.3. The van der Waals surface area contributed by atoms with E-state index in [-0.39, 0.29) is 17.9 Å². The average molecular weight is 307 g/mol. The van der Waals surface area contributed by atoms with E-state index in [4.69, 9.17) is 0 Å². The van der Waals surface area contributed by atoms with Crippen molar-refractivity contribution >= 4 is 9.84 Å². The third kappa shape index (κ3) is 3.15. The minimum atomic E-state index is -4.14. The molecule has 1 aromatic rings. The summed E-state index contributed by atoms with van der Waals surface area (Å²) in [5.74, 6) is -3.95. The lowest BCUT2D eigenvalue weighted by molar-refractivity contribution is 0.363. The Morgan fingerprint density at radius 1 is 1.20 bits per heavy atom. The number of hydrogen-bond acceptors (Lipinski definition) is 3. The number of benzene rings is 1. The van der Waals surface area contributed by atoms with Gasteiger partial charge in [-0.2, -0.15) is 0 Å². The highest BCUT2D eigenvalue weighted by Crippen LogP contribution is 2.27. The van der Waals surface area contributed by atoms with Gasteiger partial charge in [-0.05, 0) is 49.9 Å². The Morgan fingerprint density at radius 2 is 1.80 bits per heavy atom. The third-order valence-corrected chi connectivity index (χ3v) is 4.65. The number of rotatable bonds is 3. The molecule has 1 saturated heterocycles. The predicted molar refractivity (Wildman–Crippen MR) is 68.7 cm³/mol. The monoisotopic (exact) mass is 307 g/mol. The van der Waals surface area contributed by atoms with Crippen LogP contribution in [0.15, 0.2) is 11.0 Å². The molecular formula is C13H16F3NO2S. The molecule has 0 radical (unpaired) electrons. The number of halogens is 3. The lowest BCUT2D eigenvalue weighted by Crippen LogP contribution is -2.29. The van der Waals surface area contributed by atoms with Crippen LogP contribution in [0.2, 0.25) is 0 Å². The van der Waals surface area contributed by atoms with Crippen LogP contribution in [0.5, 0.6) is 0 Å². The van der Waals surface area contributed by atoms with Crippen LogP contribution in [0.25, 0.3) is 0 Å². The summed E-state index contributed by atoms with van der Waals surface area (Å²) >= 11 is 0. The molecule has 0 amide bonds. The van der Waals surface area contributed by atoms with Crippen molar-refractivity contribution in [1.82, 2.24) is 5.32 Å². The molecule has 1 aliphatic rings. The number of sulfone groups is 1. The minimum Gasteiger partial charge on any atom is -0.317 e. The summed E-state index contributed by atoms with van der Waals surface area (Å²) in [5, 5.41) is 3.15. The van der Waals surface area contributed by atoms with E-state index in [0.29, 0.717) is 6.26 Å². The Bertz CT molecular complexity index is 611. The highest BCUT2D eigenvalue weighted by atomic mass is 32.2. The smallest absolute Gasteiger partial charge is 0.181 e. The first-order valence-electron chi connectivity index (χ1n) is 6.38. The molecule has 1 aromatic carbocycles. The fraction of sp³-hybridized carbons (Fsp3) is 0.538. The average Bonchev–Trinajstić information content (AvgIpc) is 2.35. The number of piperidine rings is 1. The van der Waals surface area contributed by atoms with Crippen LogP contribution in [0, 0.1) is 23.4 Å². The van der Waals surface area contributed by atoms with Crippen molar-refractivity contribution in [1.29, 1.82) is 0 Å². The molecule has 1 N–H and O–H groups in total. The van der Waals surface area contributed by atoms with Gasteiger partial charge in [0, 0.05) is 6.26 Å². The first-order valence-corrected chi connectivity index (χ1v) is 8.27. The van der Waals surface area contributed by atoms with Crippen molar-refractivity contribution in [3.8, 4) is 0 Å². The minimum absolute atomic E-state index is 0.0979. The molecule has 112 valence electrons. The van der Waals surface area contributed by atoms with Gasteiger partial charge in [-0.25, -0.2) is 21.6 Å². The second-order valence-electron chi connectivity index (χ2n) is 5.14. The fourth-order valence-corrected chi connectivity index (χ4v) is 3.34. The molecule has 0 spiro atoms. The molecule has 20 heavy (non-hydrogen) atoms. The second kappa shape index (κ2) is 5.73. The predicted octanol–water partition coefficient (Wildman–Crippen LogP) is 2.05. The van der Waals surface area contributed by atoms with E-state index in [0.717, 1.165) is 32.0 Å². The molecule has 1 aliphatic heterocycles.